The summed E-state index contributed by atoms with van der Waals surface area (Å²) in [4.78, 5) is 0. The van der Waals surface area contributed by atoms with Crippen molar-refractivity contribution in [3.05, 3.63) is 12.2 Å². The summed E-state index contributed by atoms with van der Waals surface area (Å²) in [7, 11) is 3.64. The van der Waals surface area contributed by atoms with Gasteiger partial charge in [0.1, 0.15) is 0 Å². The number of hydrogen-bond acceptors (Lipinski definition) is 3. The molecule has 0 spiro atoms. The average Bonchev–Trinajstić information content (AvgIpc) is 2.04. The normalized spacial score (nSPS) is 16.7. The van der Waals surface area contributed by atoms with Crippen molar-refractivity contribution >= 4 is 0 Å². The van der Waals surface area contributed by atoms with Crippen molar-refractivity contribution in [1.29, 1.82) is 0 Å². The number of methoxy groups -OCH3 is 1. The van der Waals surface area contributed by atoms with Crippen LogP contribution in [-0.2, 0) is 4.74 Å². The predicted molar refractivity (Wildman–Crippen MR) is 52.1 cm³/mol. The first-order valence-corrected chi connectivity index (χ1v) is 4.29. The van der Waals surface area contributed by atoms with Crippen molar-refractivity contribution in [2.75, 3.05) is 20.8 Å². The predicted octanol–water partition coefficient (Wildman–Crippen LogP) is 0.732. The summed E-state index contributed by atoms with van der Waals surface area (Å²) in [5.74, 6) is 0. The lowest BCUT2D eigenvalue weighted by molar-refractivity contribution is 0.167. The zero-order valence-corrected chi connectivity index (χ0v) is 8.42. The zero-order chi connectivity index (χ0) is 9.40. The van der Waals surface area contributed by atoms with E-state index in [0.717, 1.165) is 6.61 Å². The lowest BCUT2D eigenvalue weighted by Crippen LogP contribution is -2.45. The Bertz CT molecular complexity index is 126. The number of hydrogen-bond donors (Lipinski definition) is 2. The molecule has 1 unspecified atom stereocenters. The maximum Gasteiger partial charge on any atom is 0.0764 e. The number of likely N-dealkylation sites (N-methyl/N-ethyl adjacent to an activating group) is 1. The van der Waals surface area contributed by atoms with Gasteiger partial charge in [-0.3, -0.25) is 5.32 Å². The molecule has 72 valence electrons. The summed E-state index contributed by atoms with van der Waals surface area (Å²) in [6, 6.07) is 0.364. The van der Waals surface area contributed by atoms with E-state index in [9.17, 15) is 0 Å². The van der Waals surface area contributed by atoms with E-state index in [1.165, 1.54) is 0 Å². The van der Waals surface area contributed by atoms with Gasteiger partial charge < -0.3 is 10.1 Å². The lowest BCUT2D eigenvalue weighted by atomic mass is 10.3. The molecule has 2 N–H and O–H groups in total. The highest BCUT2D eigenvalue weighted by Gasteiger charge is 2.05. The first kappa shape index (κ1) is 11.6. The van der Waals surface area contributed by atoms with Gasteiger partial charge in [-0.2, -0.15) is 0 Å². The molecule has 0 bridgehead atoms. The number of allylic oxidation sites excluding steroid dienone is 1. The van der Waals surface area contributed by atoms with E-state index in [4.69, 9.17) is 4.74 Å². The summed E-state index contributed by atoms with van der Waals surface area (Å²) < 4.78 is 5.01. The van der Waals surface area contributed by atoms with E-state index >= 15 is 0 Å². The van der Waals surface area contributed by atoms with Crippen molar-refractivity contribution in [2.45, 2.75) is 26.1 Å². The fraction of sp³-hybridized carbons (Fsp3) is 0.778. The van der Waals surface area contributed by atoms with Crippen molar-refractivity contribution in [3.8, 4) is 0 Å². The number of nitrogens with one attached hydrogen (secondary N) is 2. The fourth-order valence-corrected chi connectivity index (χ4v) is 1.03. The summed E-state index contributed by atoms with van der Waals surface area (Å²) in [5, 5.41) is 6.48. The van der Waals surface area contributed by atoms with E-state index in [-0.39, 0.29) is 6.17 Å². The highest BCUT2D eigenvalue weighted by Crippen LogP contribution is 1.87. The van der Waals surface area contributed by atoms with Gasteiger partial charge in [-0.05, 0) is 20.9 Å². The molecule has 0 aromatic heterocycles. The molecule has 0 saturated heterocycles. The molecule has 0 aliphatic rings. The molecule has 12 heavy (non-hydrogen) atoms. The van der Waals surface area contributed by atoms with Crippen LogP contribution in [0.1, 0.15) is 13.8 Å². The Labute approximate surface area is 75.2 Å². The highest BCUT2D eigenvalue weighted by molar-refractivity contribution is 4.89. The van der Waals surface area contributed by atoms with Crippen LogP contribution in [0.2, 0.25) is 0 Å². The third kappa shape index (κ3) is 5.29. The van der Waals surface area contributed by atoms with Crippen LogP contribution in [0.25, 0.3) is 0 Å². The highest BCUT2D eigenvalue weighted by atomic mass is 16.5. The average molecular weight is 172 g/mol. The van der Waals surface area contributed by atoms with Crippen LogP contribution in [0.4, 0.5) is 0 Å². The first-order chi connectivity index (χ1) is 5.74. The van der Waals surface area contributed by atoms with Crippen LogP contribution in [-0.4, -0.2) is 33.0 Å². The lowest BCUT2D eigenvalue weighted by Gasteiger charge is -2.19. The summed E-state index contributed by atoms with van der Waals surface area (Å²) in [6.07, 6.45) is 4.33. The smallest absolute Gasteiger partial charge is 0.0764 e. The molecular formula is C9H20N2O. The third-order valence-corrected chi connectivity index (χ3v) is 1.58. The molecule has 0 fully saturated rings. The molecule has 0 aliphatic heterocycles. The van der Waals surface area contributed by atoms with Gasteiger partial charge in [0, 0.05) is 13.2 Å². The molecule has 0 saturated carbocycles. The van der Waals surface area contributed by atoms with Gasteiger partial charge in [0.05, 0.1) is 12.8 Å². The van der Waals surface area contributed by atoms with E-state index in [1.54, 1.807) is 7.11 Å². The Morgan fingerprint density at radius 1 is 1.50 bits per heavy atom. The Kier molecular flexibility index (Phi) is 7.05. The van der Waals surface area contributed by atoms with Crippen LogP contribution in [0, 0.1) is 0 Å². The maximum absolute atomic E-state index is 5.01. The molecular weight excluding hydrogens is 152 g/mol. The molecule has 0 radical (unpaired) electrons. The van der Waals surface area contributed by atoms with Crippen molar-refractivity contribution in [3.63, 3.8) is 0 Å². The Morgan fingerprint density at radius 2 is 2.17 bits per heavy atom. The van der Waals surface area contributed by atoms with E-state index in [0.29, 0.717) is 6.04 Å². The molecule has 2 atom stereocenters. The first-order valence-electron chi connectivity index (χ1n) is 4.29. The Morgan fingerprint density at radius 3 is 2.58 bits per heavy atom. The van der Waals surface area contributed by atoms with E-state index < -0.39 is 0 Å². The second-order valence-electron chi connectivity index (χ2n) is 2.82. The third-order valence-electron chi connectivity index (χ3n) is 1.58. The van der Waals surface area contributed by atoms with Gasteiger partial charge in [0.2, 0.25) is 0 Å². The molecule has 0 aliphatic carbocycles. The standard InChI is InChI=1S/C9H20N2O/c1-5-6-9(10-3)11-8(2)7-12-4/h5-6,8-11H,7H2,1-4H3/b6-5+/t8-,9?/m1/s1. The van der Waals surface area contributed by atoms with Crippen LogP contribution in [0.3, 0.4) is 0 Å². The van der Waals surface area contributed by atoms with Crippen LogP contribution in [0.15, 0.2) is 12.2 Å². The summed E-state index contributed by atoms with van der Waals surface area (Å²) in [5.41, 5.74) is 0. The molecule has 0 aromatic rings. The second-order valence-corrected chi connectivity index (χ2v) is 2.82. The van der Waals surface area contributed by atoms with Gasteiger partial charge in [-0.25, -0.2) is 0 Å². The molecule has 0 aromatic carbocycles. The van der Waals surface area contributed by atoms with Crippen LogP contribution >= 0.6 is 0 Å². The van der Waals surface area contributed by atoms with Crippen molar-refractivity contribution in [1.82, 2.24) is 10.6 Å². The van der Waals surface area contributed by atoms with Crippen molar-refractivity contribution in [2.24, 2.45) is 0 Å². The summed E-state index contributed by atoms with van der Waals surface area (Å²) >= 11 is 0. The molecule has 0 amide bonds. The maximum atomic E-state index is 5.01. The molecule has 0 heterocycles. The van der Waals surface area contributed by atoms with E-state index in [2.05, 4.69) is 23.6 Å². The Hall–Kier alpha value is -0.380. The topological polar surface area (TPSA) is 33.3 Å². The number of rotatable bonds is 6. The van der Waals surface area contributed by atoms with Gasteiger partial charge >= 0.3 is 0 Å². The fourth-order valence-electron chi connectivity index (χ4n) is 1.03. The Balaban J connectivity index is 3.68. The van der Waals surface area contributed by atoms with Gasteiger partial charge in [-0.15, -0.1) is 0 Å². The minimum Gasteiger partial charge on any atom is -0.383 e. The van der Waals surface area contributed by atoms with Crippen LogP contribution < -0.4 is 10.6 Å². The monoisotopic (exact) mass is 172 g/mol. The summed E-state index contributed by atoms with van der Waals surface area (Å²) in [6.45, 7) is 4.83. The molecule has 3 heteroatoms. The largest absolute Gasteiger partial charge is 0.383 e. The van der Waals surface area contributed by atoms with Crippen LogP contribution in [0.5, 0.6) is 0 Å². The minimum atomic E-state index is 0.236. The SMILES string of the molecule is C/C=C/C(NC)N[C@H](C)COC. The molecule has 0 rings (SSSR count). The number of ether oxygens (including phenoxy) is 1. The van der Waals surface area contributed by atoms with E-state index in [1.807, 2.05) is 20.0 Å². The molecule has 3 nitrogen and oxygen atoms in total. The van der Waals surface area contributed by atoms with Gasteiger partial charge in [0.15, 0.2) is 0 Å². The quantitative estimate of drug-likeness (QED) is 0.458. The minimum absolute atomic E-state index is 0.236. The van der Waals surface area contributed by atoms with Gasteiger partial charge in [-0.1, -0.05) is 12.2 Å². The van der Waals surface area contributed by atoms with Crippen molar-refractivity contribution < 1.29 is 4.74 Å². The van der Waals surface area contributed by atoms with Gasteiger partial charge in [0.25, 0.3) is 0 Å². The zero-order valence-electron chi connectivity index (χ0n) is 8.42. The second kappa shape index (κ2) is 7.28.